The van der Waals surface area contributed by atoms with E-state index in [4.69, 9.17) is 4.74 Å². The van der Waals surface area contributed by atoms with E-state index in [1.807, 2.05) is 12.1 Å². The summed E-state index contributed by atoms with van der Waals surface area (Å²) >= 11 is 0. The van der Waals surface area contributed by atoms with E-state index in [-0.39, 0.29) is 23.7 Å². The molecule has 1 N–H and O–H groups in total. The summed E-state index contributed by atoms with van der Waals surface area (Å²) in [7, 11) is 1.35. The molecule has 174 valence electrons. The highest BCUT2D eigenvalue weighted by atomic mass is 19.1. The molecule has 2 aromatic carbocycles. The van der Waals surface area contributed by atoms with Gasteiger partial charge in [0, 0.05) is 18.5 Å². The second kappa shape index (κ2) is 10.4. The van der Waals surface area contributed by atoms with Crippen molar-refractivity contribution in [3.63, 3.8) is 0 Å². The largest absolute Gasteiger partial charge is 0.453 e. The zero-order chi connectivity index (χ0) is 23.3. The molecule has 0 bridgehead atoms. The van der Waals surface area contributed by atoms with Crippen LogP contribution in [0.5, 0.6) is 0 Å². The SMILES string of the molecule is COC(=O)N[C@H]1CCC[C@@H]1[C@](C#N)(c1cccc(F)c1)C1CCN(Cc2ccccc2)CC1. The van der Waals surface area contributed by atoms with Crippen LogP contribution in [0, 0.1) is 29.0 Å². The Morgan fingerprint density at radius 2 is 1.91 bits per heavy atom. The summed E-state index contributed by atoms with van der Waals surface area (Å²) in [6.07, 6.45) is 3.78. The highest BCUT2D eigenvalue weighted by molar-refractivity contribution is 5.67. The first-order chi connectivity index (χ1) is 16.1. The summed E-state index contributed by atoms with van der Waals surface area (Å²) < 4.78 is 19.2. The number of benzene rings is 2. The van der Waals surface area contributed by atoms with Crippen molar-refractivity contribution in [2.75, 3.05) is 20.2 Å². The van der Waals surface area contributed by atoms with Crippen molar-refractivity contribution in [2.45, 2.75) is 50.1 Å². The predicted molar refractivity (Wildman–Crippen MR) is 125 cm³/mol. The summed E-state index contributed by atoms with van der Waals surface area (Å²) in [4.78, 5) is 14.5. The van der Waals surface area contributed by atoms with Crippen molar-refractivity contribution in [1.82, 2.24) is 10.2 Å². The number of carbonyl (C=O) groups excluding carboxylic acids is 1. The molecule has 2 aliphatic rings. The predicted octanol–water partition coefficient (Wildman–Crippen LogP) is 5.02. The molecular formula is C27H32FN3O2. The maximum absolute atomic E-state index is 14.3. The Balaban J connectivity index is 1.61. The minimum atomic E-state index is -0.858. The lowest BCUT2D eigenvalue weighted by Crippen LogP contribution is -2.52. The molecule has 6 heteroatoms. The van der Waals surface area contributed by atoms with Crippen molar-refractivity contribution < 1.29 is 13.9 Å². The van der Waals surface area contributed by atoms with E-state index in [0.29, 0.717) is 0 Å². The summed E-state index contributed by atoms with van der Waals surface area (Å²) in [5.74, 6) is -0.334. The van der Waals surface area contributed by atoms with Crippen LogP contribution in [0.2, 0.25) is 0 Å². The van der Waals surface area contributed by atoms with Gasteiger partial charge in [0.25, 0.3) is 0 Å². The van der Waals surface area contributed by atoms with Crippen LogP contribution < -0.4 is 5.32 Å². The first-order valence-electron chi connectivity index (χ1n) is 11.8. The number of amides is 1. The molecule has 5 nitrogen and oxygen atoms in total. The van der Waals surface area contributed by atoms with Gasteiger partial charge < -0.3 is 10.1 Å². The minimum Gasteiger partial charge on any atom is -0.453 e. The van der Waals surface area contributed by atoms with E-state index < -0.39 is 11.5 Å². The number of ether oxygens (including phenoxy) is 1. The molecule has 1 aliphatic heterocycles. The third-order valence-corrected chi connectivity index (χ3v) is 7.56. The molecule has 0 spiro atoms. The molecule has 1 saturated heterocycles. The molecule has 2 aromatic rings. The second-order valence-electron chi connectivity index (χ2n) is 9.31. The van der Waals surface area contributed by atoms with Crippen LogP contribution >= 0.6 is 0 Å². The van der Waals surface area contributed by atoms with Crippen LogP contribution in [-0.4, -0.2) is 37.2 Å². The fourth-order valence-corrected chi connectivity index (χ4v) is 6.01. The third-order valence-electron chi connectivity index (χ3n) is 7.56. The number of carbonyl (C=O) groups is 1. The maximum Gasteiger partial charge on any atom is 0.407 e. The van der Waals surface area contributed by atoms with Gasteiger partial charge in [0.05, 0.1) is 18.6 Å². The molecule has 1 amide bonds. The monoisotopic (exact) mass is 449 g/mol. The van der Waals surface area contributed by atoms with Gasteiger partial charge in [-0.15, -0.1) is 0 Å². The van der Waals surface area contributed by atoms with Crippen LogP contribution in [0.3, 0.4) is 0 Å². The molecule has 1 aliphatic carbocycles. The lowest BCUT2D eigenvalue weighted by atomic mass is 9.59. The number of alkyl carbamates (subject to hydrolysis) is 1. The smallest absolute Gasteiger partial charge is 0.407 e. The van der Waals surface area contributed by atoms with E-state index in [1.165, 1.54) is 24.8 Å². The number of likely N-dealkylation sites (tertiary alicyclic amines) is 1. The van der Waals surface area contributed by atoms with Gasteiger partial charge in [-0.05, 0) is 68.0 Å². The number of nitrogens with zero attached hydrogens (tertiary/aromatic N) is 2. The number of piperidine rings is 1. The third kappa shape index (κ3) is 4.89. The Morgan fingerprint density at radius 3 is 2.58 bits per heavy atom. The van der Waals surface area contributed by atoms with Gasteiger partial charge in [-0.2, -0.15) is 5.26 Å². The lowest BCUT2D eigenvalue weighted by Gasteiger charge is -2.46. The van der Waals surface area contributed by atoms with Gasteiger partial charge in [0.2, 0.25) is 0 Å². The normalized spacial score (nSPS) is 23.4. The zero-order valence-corrected chi connectivity index (χ0v) is 19.2. The Hall–Kier alpha value is -2.91. The van der Waals surface area contributed by atoms with Crippen molar-refractivity contribution in [1.29, 1.82) is 5.26 Å². The quantitative estimate of drug-likeness (QED) is 0.672. The van der Waals surface area contributed by atoms with Crippen LogP contribution in [0.4, 0.5) is 9.18 Å². The number of rotatable bonds is 6. The first-order valence-corrected chi connectivity index (χ1v) is 11.8. The van der Waals surface area contributed by atoms with Gasteiger partial charge in [0.1, 0.15) is 5.82 Å². The molecule has 3 atom stereocenters. The zero-order valence-electron chi connectivity index (χ0n) is 19.2. The number of hydrogen-bond donors (Lipinski definition) is 1. The molecule has 33 heavy (non-hydrogen) atoms. The molecular weight excluding hydrogens is 417 g/mol. The van der Waals surface area contributed by atoms with Crippen LogP contribution in [0.25, 0.3) is 0 Å². The number of nitriles is 1. The standard InChI is InChI=1S/C27H32FN3O2/c1-33-26(32)30-25-12-6-11-24(25)27(19-29,22-9-5-10-23(28)17-22)21-13-15-31(16-14-21)18-20-7-3-2-4-8-20/h2-5,7-10,17,21,24-25H,6,11-16,18H2,1H3,(H,30,32)/t24-,25-,27-/m0/s1. The van der Waals surface area contributed by atoms with Crippen molar-refractivity contribution in [3.8, 4) is 6.07 Å². The van der Waals surface area contributed by atoms with Gasteiger partial charge in [0.15, 0.2) is 0 Å². The van der Waals surface area contributed by atoms with Gasteiger partial charge >= 0.3 is 6.09 Å². The molecule has 1 heterocycles. The van der Waals surface area contributed by atoms with Gasteiger partial charge in [-0.25, -0.2) is 9.18 Å². The molecule has 1 saturated carbocycles. The van der Waals surface area contributed by atoms with E-state index in [1.54, 1.807) is 6.07 Å². The van der Waals surface area contributed by atoms with Crippen molar-refractivity contribution in [2.24, 2.45) is 11.8 Å². The number of methoxy groups -OCH3 is 1. The molecule has 2 fully saturated rings. The van der Waals surface area contributed by atoms with Crippen LogP contribution in [0.1, 0.15) is 43.2 Å². The van der Waals surface area contributed by atoms with E-state index >= 15 is 0 Å². The summed E-state index contributed by atoms with van der Waals surface area (Å²) in [6.45, 7) is 2.67. The number of hydrogen-bond acceptors (Lipinski definition) is 4. The van der Waals surface area contributed by atoms with E-state index in [9.17, 15) is 14.4 Å². The molecule has 4 rings (SSSR count). The van der Waals surface area contributed by atoms with Gasteiger partial charge in [-0.3, -0.25) is 4.90 Å². The highest BCUT2D eigenvalue weighted by Gasteiger charge is 2.52. The topological polar surface area (TPSA) is 65.4 Å². The average Bonchev–Trinajstić information content (AvgIpc) is 3.30. The summed E-state index contributed by atoms with van der Waals surface area (Å²) in [5.41, 5.74) is 1.16. The average molecular weight is 450 g/mol. The lowest BCUT2D eigenvalue weighted by molar-refractivity contribution is 0.103. The highest BCUT2D eigenvalue weighted by Crippen LogP contribution is 2.50. The number of nitrogens with one attached hydrogen (secondary N) is 1. The Labute approximate surface area is 195 Å². The van der Waals surface area contributed by atoms with Crippen LogP contribution in [-0.2, 0) is 16.7 Å². The maximum atomic E-state index is 14.3. The molecule has 0 radical (unpaired) electrons. The Morgan fingerprint density at radius 1 is 1.15 bits per heavy atom. The summed E-state index contributed by atoms with van der Waals surface area (Å²) in [5, 5.41) is 13.7. The number of halogens is 1. The minimum absolute atomic E-state index is 0.0846. The van der Waals surface area contributed by atoms with E-state index in [2.05, 4.69) is 40.6 Å². The molecule has 0 unspecified atom stereocenters. The molecule has 0 aromatic heterocycles. The Bertz CT molecular complexity index is 984. The summed E-state index contributed by atoms with van der Waals surface area (Å²) in [6, 6.07) is 19.5. The fourth-order valence-electron chi connectivity index (χ4n) is 6.01. The first kappa shape index (κ1) is 23.3. The van der Waals surface area contributed by atoms with Crippen LogP contribution in [0.15, 0.2) is 54.6 Å². The fraction of sp³-hybridized carbons (Fsp3) is 0.481. The van der Waals surface area contributed by atoms with E-state index in [0.717, 1.165) is 57.3 Å². The van der Waals surface area contributed by atoms with Gasteiger partial charge in [-0.1, -0.05) is 48.9 Å². The van der Waals surface area contributed by atoms with Crippen molar-refractivity contribution >= 4 is 6.09 Å². The Kier molecular flexibility index (Phi) is 7.29. The van der Waals surface area contributed by atoms with Crippen molar-refractivity contribution in [3.05, 3.63) is 71.5 Å². The second-order valence-corrected chi connectivity index (χ2v) is 9.31.